The number of ketones is 1. The number of esters is 1. The molecule has 3 aromatic rings. The molecule has 9 nitrogen and oxygen atoms in total. The van der Waals surface area contributed by atoms with Crippen LogP contribution in [0.3, 0.4) is 0 Å². The molecule has 0 aliphatic carbocycles. The second-order valence-electron chi connectivity index (χ2n) is 5.97. The Kier molecular flexibility index (Phi) is 5.37. The third-order valence-corrected chi connectivity index (χ3v) is 4.48. The summed E-state index contributed by atoms with van der Waals surface area (Å²) in [4.78, 5) is 28.1. The van der Waals surface area contributed by atoms with E-state index < -0.39 is 12.2 Å². The molecule has 0 amide bonds. The van der Waals surface area contributed by atoms with Crippen molar-refractivity contribution in [3.63, 3.8) is 0 Å². The topological polar surface area (TPSA) is 127 Å². The maximum absolute atomic E-state index is 13.0. The summed E-state index contributed by atoms with van der Waals surface area (Å²) in [6.45, 7) is 4.58. The molecule has 10 heteroatoms. The van der Waals surface area contributed by atoms with Gasteiger partial charge in [0.25, 0.3) is 0 Å². The molecule has 3 rings (SSSR count). The van der Waals surface area contributed by atoms with Gasteiger partial charge in [0.15, 0.2) is 5.78 Å². The van der Waals surface area contributed by atoms with E-state index >= 15 is 0 Å². The lowest BCUT2D eigenvalue weighted by Crippen LogP contribution is -2.15. The van der Waals surface area contributed by atoms with Crippen LogP contribution in [0.2, 0.25) is 0 Å². The second kappa shape index (κ2) is 7.74. The van der Waals surface area contributed by atoms with Crippen LogP contribution in [0.15, 0.2) is 28.7 Å². The fourth-order valence-corrected chi connectivity index (χ4v) is 3.12. The number of tetrazole rings is 1. The fourth-order valence-electron chi connectivity index (χ4n) is 2.73. The van der Waals surface area contributed by atoms with Crippen molar-refractivity contribution in [1.29, 1.82) is 5.26 Å². The van der Waals surface area contributed by atoms with Crippen molar-refractivity contribution < 1.29 is 14.3 Å². The SMILES string of the molecule is CC(=O)OC(C)n1nnc(-c2[nH]c(C#N)c(C(=O)c3cccc(Br)c3)c2C)n1. The number of halogens is 1. The number of nitrogens with one attached hydrogen (secondary N) is 1. The maximum atomic E-state index is 13.0. The monoisotopic (exact) mass is 442 g/mol. The molecule has 0 aliphatic rings. The highest BCUT2D eigenvalue weighted by atomic mass is 79.9. The van der Waals surface area contributed by atoms with Crippen LogP contribution in [0.25, 0.3) is 11.5 Å². The van der Waals surface area contributed by atoms with Gasteiger partial charge in [-0.2, -0.15) is 5.26 Å². The van der Waals surface area contributed by atoms with Crippen molar-refractivity contribution in [3.05, 3.63) is 51.1 Å². The van der Waals surface area contributed by atoms with Gasteiger partial charge in [0, 0.05) is 17.0 Å². The Labute approximate surface area is 168 Å². The van der Waals surface area contributed by atoms with E-state index in [1.807, 2.05) is 12.1 Å². The molecule has 0 saturated heterocycles. The van der Waals surface area contributed by atoms with Crippen molar-refractivity contribution in [2.75, 3.05) is 0 Å². The van der Waals surface area contributed by atoms with Crippen LogP contribution in [-0.2, 0) is 9.53 Å². The van der Waals surface area contributed by atoms with E-state index in [-0.39, 0.29) is 22.9 Å². The molecule has 142 valence electrons. The van der Waals surface area contributed by atoms with Gasteiger partial charge in [-0.3, -0.25) is 9.59 Å². The number of hydrogen-bond acceptors (Lipinski definition) is 7. The molecule has 1 N–H and O–H groups in total. The minimum Gasteiger partial charge on any atom is -0.438 e. The van der Waals surface area contributed by atoms with Crippen molar-refractivity contribution in [2.24, 2.45) is 0 Å². The van der Waals surface area contributed by atoms with Crippen LogP contribution in [0.4, 0.5) is 0 Å². The second-order valence-corrected chi connectivity index (χ2v) is 6.88. The van der Waals surface area contributed by atoms with E-state index in [0.717, 1.165) is 9.27 Å². The molecule has 0 fully saturated rings. The first-order valence-corrected chi connectivity index (χ1v) is 9.01. The van der Waals surface area contributed by atoms with Crippen LogP contribution in [0.1, 0.15) is 47.3 Å². The standard InChI is InChI=1S/C18H15BrN6O3/c1-9-15(17(27)12-5-4-6-13(19)7-12)14(8-20)21-16(9)18-22-24-25(23-18)10(2)28-11(3)26/h4-7,10,21H,1-3H3. The molecule has 0 bridgehead atoms. The van der Waals surface area contributed by atoms with Crippen molar-refractivity contribution in [1.82, 2.24) is 25.2 Å². The van der Waals surface area contributed by atoms with Gasteiger partial charge in [0.1, 0.15) is 11.8 Å². The normalized spacial score (nSPS) is 11.7. The number of H-pyrrole nitrogens is 1. The number of aromatic amines is 1. The summed E-state index contributed by atoms with van der Waals surface area (Å²) in [6.07, 6.45) is -0.743. The van der Waals surface area contributed by atoms with E-state index in [0.29, 0.717) is 16.8 Å². The molecule has 0 aliphatic heterocycles. The number of hydrogen-bond donors (Lipinski definition) is 1. The highest BCUT2D eigenvalue weighted by Crippen LogP contribution is 2.28. The van der Waals surface area contributed by atoms with Gasteiger partial charge < -0.3 is 9.72 Å². The Balaban J connectivity index is 2.02. The Morgan fingerprint density at radius 1 is 1.39 bits per heavy atom. The Bertz CT molecular complexity index is 1110. The summed E-state index contributed by atoms with van der Waals surface area (Å²) in [5, 5.41) is 21.5. The van der Waals surface area contributed by atoms with E-state index in [2.05, 4.69) is 36.3 Å². The Hall–Kier alpha value is -3.32. The first kappa shape index (κ1) is 19.4. The predicted octanol–water partition coefficient (Wildman–Crippen LogP) is 2.92. The van der Waals surface area contributed by atoms with E-state index in [9.17, 15) is 14.9 Å². The number of carbonyl (C=O) groups excluding carboxylic acids is 2. The molecule has 1 aromatic carbocycles. The lowest BCUT2D eigenvalue weighted by atomic mass is 9.99. The molecule has 0 saturated carbocycles. The van der Waals surface area contributed by atoms with Crippen molar-refractivity contribution >= 4 is 27.7 Å². The number of rotatable bonds is 5. The summed E-state index contributed by atoms with van der Waals surface area (Å²) in [5.74, 6) is -0.587. The smallest absolute Gasteiger partial charge is 0.304 e. The number of aromatic nitrogens is 5. The first-order chi connectivity index (χ1) is 13.3. The third-order valence-electron chi connectivity index (χ3n) is 3.99. The van der Waals surface area contributed by atoms with Crippen LogP contribution >= 0.6 is 15.9 Å². The highest BCUT2D eigenvalue weighted by molar-refractivity contribution is 9.10. The molecule has 1 unspecified atom stereocenters. The van der Waals surface area contributed by atoms with Crippen molar-refractivity contribution in [3.8, 4) is 17.6 Å². The minimum absolute atomic E-state index is 0.113. The first-order valence-electron chi connectivity index (χ1n) is 8.21. The van der Waals surface area contributed by atoms with Gasteiger partial charge in [-0.25, -0.2) is 0 Å². The molecule has 1 atom stereocenters. The largest absolute Gasteiger partial charge is 0.438 e. The van der Waals surface area contributed by atoms with Gasteiger partial charge in [-0.15, -0.1) is 15.0 Å². The summed E-state index contributed by atoms with van der Waals surface area (Å²) in [5.41, 5.74) is 1.74. The fraction of sp³-hybridized carbons (Fsp3) is 0.222. The molecule has 2 heterocycles. The third kappa shape index (κ3) is 3.70. The number of nitriles is 1. The van der Waals surface area contributed by atoms with Crippen LogP contribution in [-0.4, -0.2) is 36.9 Å². The summed E-state index contributed by atoms with van der Waals surface area (Å²) < 4.78 is 5.77. The van der Waals surface area contributed by atoms with E-state index in [4.69, 9.17) is 4.74 Å². The molecular weight excluding hydrogens is 428 g/mol. The summed E-state index contributed by atoms with van der Waals surface area (Å²) >= 11 is 3.34. The Morgan fingerprint density at radius 3 is 2.79 bits per heavy atom. The number of carbonyl (C=O) groups is 2. The zero-order chi connectivity index (χ0) is 20.4. The lowest BCUT2D eigenvalue weighted by Gasteiger charge is -2.08. The number of nitrogens with zero attached hydrogens (tertiary/aromatic N) is 5. The average Bonchev–Trinajstić information content (AvgIpc) is 3.25. The summed E-state index contributed by atoms with van der Waals surface area (Å²) in [6, 6.07) is 8.92. The van der Waals surface area contributed by atoms with Gasteiger partial charge in [0.2, 0.25) is 12.1 Å². The van der Waals surface area contributed by atoms with Gasteiger partial charge in [-0.05, 0) is 36.8 Å². The average molecular weight is 443 g/mol. The minimum atomic E-state index is -0.743. The maximum Gasteiger partial charge on any atom is 0.304 e. The Morgan fingerprint density at radius 2 is 2.14 bits per heavy atom. The molecule has 0 radical (unpaired) electrons. The zero-order valence-electron chi connectivity index (χ0n) is 15.2. The quantitative estimate of drug-likeness (QED) is 0.475. The summed E-state index contributed by atoms with van der Waals surface area (Å²) in [7, 11) is 0. The molecular formula is C18H15BrN6O3. The van der Waals surface area contributed by atoms with Crippen LogP contribution in [0.5, 0.6) is 0 Å². The van der Waals surface area contributed by atoms with Gasteiger partial charge in [0.05, 0.1) is 11.3 Å². The van der Waals surface area contributed by atoms with E-state index in [1.54, 1.807) is 32.0 Å². The van der Waals surface area contributed by atoms with Crippen LogP contribution < -0.4 is 0 Å². The molecule has 0 spiro atoms. The van der Waals surface area contributed by atoms with Crippen LogP contribution in [0, 0.1) is 18.3 Å². The zero-order valence-corrected chi connectivity index (χ0v) is 16.8. The number of ether oxygens (including phenoxy) is 1. The van der Waals surface area contributed by atoms with Crippen molar-refractivity contribution in [2.45, 2.75) is 27.0 Å². The lowest BCUT2D eigenvalue weighted by molar-refractivity contribution is -0.151. The van der Waals surface area contributed by atoms with Gasteiger partial charge in [-0.1, -0.05) is 28.1 Å². The predicted molar refractivity (Wildman–Crippen MR) is 101 cm³/mol. The van der Waals surface area contributed by atoms with E-state index in [1.165, 1.54) is 6.92 Å². The highest BCUT2D eigenvalue weighted by Gasteiger charge is 2.25. The molecule has 28 heavy (non-hydrogen) atoms. The molecule has 2 aromatic heterocycles. The number of benzene rings is 1. The van der Waals surface area contributed by atoms with Gasteiger partial charge >= 0.3 is 5.97 Å².